The third-order valence-corrected chi connectivity index (χ3v) is 7.92. The van der Waals surface area contributed by atoms with Crippen molar-refractivity contribution in [3.8, 4) is 45.6 Å². The zero-order chi connectivity index (χ0) is 25.8. The summed E-state index contributed by atoms with van der Waals surface area (Å²) >= 11 is 0. The van der Waals surface area contributed by atoms with Crippen LogP contribution in [-0.4, -0.2) is 30.1 Å². The Labute approximate surface area is 211 Å². The zero-order valence-corrected chi connectivity index (χ0v) is 20.1. The first-order chi connectivity index (χ1) is 17.7. The van der Waals surface area contributed by atoms with E-state index in [9.17, 15) is 25.5 Å². The summed E-state index contributed by atoms with van der Waals surface area (Å²) in [4.78, 5) is 0. The predicted octanol–water partition coefficient (Wildman–Crippen LogP) is 6.77. The van der Waals surface area contributed by atoms with Crippen LogP contribution in [0.25, 0.3) is 49.4 Å². The molecular weight excluding hydrogens is 466 g/mol. The van der Waals surface area contributed by atoms with Crippen molar-refractivity contribution in [1.29, 1.82) is 0 Å². The number of rotatable bonds is 1. The summed E-state index contributed by atoms with van der Waals surface area (Å²) < 4.78 is 1.60. The third-order valence-electron chi connectivity index (χ3n) is 7.92. The van der Waals surface area contributed by atoms with Gasteiger partial charge >= 0.3 is 0 Å². The summed E-state index contributed by atoms with van der Waals surface area (Å²) in [5.74, 6) is -4.27. The van der Waals surface area contributed by atoms with Crippen molar-refractivity contribution < 1.29 is 25.5 Å². The molecule has 0 atom stereocenters. The van der Waals surface area contributed by atoms with Crippen LogP contribution in [0, 0.1) is 0 Å². The van der Waals surface area contributed by atoms with Gasteiger partial charge in [0, 0.05) is 16.2 Å². The highest BCUT2D eigenvalue weighted by molar-refractivity contribution is 6.16. The van der Waals surface area contributed by atoms with Crippen LogP contribution in [0.3, 0.4) is 0 Å². The monoisotopic (exact) mass is 489 g/mol. The topological polar surface area (TPSA) is 106 Å². The van der Waals surface area contributed by atoms with Gasteiger partial charge < -0.3 is 30.1 Å². The number of fused-ring (bicyclic) bond motifs is 8. The number of phenols is 5. The van der Waals surface area contributed by atoms with Gasteiger partial charge in [0.05, 0.1) is 11.0 Å². The van der Waals surface area contributed by atoms with Crippen molar-refractivity contribution >= 4 is 32.6 Å². The summed E-state index contributed by atoms with van der Waals surface area (Å²) in [5, 5.41) is 55.8. The molecule has 0 amide bonds. The second-order valence-electron chi connectivity index (χ2n) is 10.2. The van der Waals surface area contributed by atoms with Crippen LogP contribution in [-0.2, 0) is 5.41 Å². The van der Waals surface area contributed by atoms with E-state index in [0.29, 0.717) is 11.0 Å². The molecule has 7 rings (SSSR count). The van der Waals surface area contributed by atoms with E-state index in [0.717, 1.165) is 21.5 Å². The summed E-state index contributed by atoms with van der Waals surface area (Å²) in [6, 6.07) is 24.4. The number of hydrogen-bond acceptors (Lipinski definition) is 5. The molecule has 0 unspecified atom stereocenters. The maximum absolute atomic E-state index is 10.8. The Kier molecular flexibility index (Phi) is 3.99. The van der Waals surface area contributed by atoms with Gasteiger partial charge in [-0.3, -0.25) is 0 Å². The Balaban J connectivity index is 1.66. The molecule has 182 valence electrons. The first-order valence-corrected chi connectivity index (χ1v) is 12.0. The fourth-order valence-corrected chi connectivity index (χ4v) is 6.12. The van der Waals surface area contributed by atoms with E-state index in [4.69, 9.17) is 0 Å². The van der Waals surface area contributed by atoms with Crippen LogP contribution >= 0.6 is 0 Å². The molecule has 1 aromatic heterocycles. The zero-order valence-electron chi connectivity index (χ0n) is 20.1. The Hall–Kier alpha value is -4.84. The number of aromatic hydroxyl groups is 5. The lowest BCUT2D eigenvalue weighted by Gasteiger charge is -2.21. The molecule has 37 heavy (non-hydrogen) atoms. The lowest BCUT2D eigenvalue weighted by atomic mass is 9.82. The third kappa shape index (κ3) is 2.54. The van der Waals surface area contributed by atoms with E-state index >= 15 is 0 Å². The Morgan fingerprint density at radius 2 is 1.22 bits per heavy atom. The molecule has 6 heteroatoms. The van der Waals surface area contributed by atoms with Gasteiger partial charge in [-0.2, -0.15) is 0 Å². The van der Waals surface area contributed by atoms with E-state index in [1.54, 1.807) is 4.57 Å². The summed E-state index contributed by atoms with van der Waals surface area (Å²) in [5.41, 5.74) is 5.91. The molecule has 0 aliphatic heterocycles. The van der Waals surface area contributed by atoms with Crippen LogP contribution in [0.4, 0.5) is 0 Å². The number of nitrogens with zero attached hydrogens (tertiary/aromatic N) is 1. The van der Waals surface area contributed by atoms with Gasteiger partial charge in [-0.1, -0.05) is 68.4 Å². The van der Waals surface area contributed by atoms with Gasteiger partial charge in [0.1, 0.15) is 5.69 Å². The number of para-hydroxylation sites is 1. The molecular formula is C31H23NO5. The minimum absolute atomic E-state index is 0.137. The summed E-state index contributed by atoms with van der Waals surface area (Å²) in [6.45, 7) is 4.48. The lowest BCUT2D eigenvalue weighted by molar-refractivity contribution is 0.327. The van der Waals surface area contributed by atoms with Gasteiger partial charge in [-0.25, -0.2) is 0 Å². The normalized spacial score (nSPS) is 13.9. The maximum atomic E-state index is 10.8. The number of phenolic OH excluding ortho intramolecular Hbond substituents is 5. The Morgan fingerprint density at radius 3 is 1.97 bits per heavy atom. The van der Waals surface area contributed by atoms with Crippen molar-refractivity contribution in [1.82, 2.24) is 4.57 Å². The minimum Gasteiger partial charge on any atom is -0.503 e. The van der Waals surface area contributed by atoms with Crippen molar-refractivity contribution in [2.45, 2.75) is 19.3 Å². The highest BCUT2D eigenvalue weighted by atomic mass is 16.4. The molecule has 0 bridgehead atoms. The van der Waals surface area contributed by atoms with Gasteiger partial charge in [0.15, 0.2) is 11.5 Å². The maximum Gasteiger partial charge on any atom is 0.208 e. The molecule has 6 nitrogen and oxygen atoms in total. The summed E-state index contributed by atoms with van der Waals surface area (Å²) in [6.07, 6.45) is 0. The predicted molar refractivity (Wildman–Crippen MR) is 144 cm³/mol. The van der Waals surface area contributed by atoms with Crippen molar-refractivity contribution in [3.63, 3.8) is 0 Å². The van der Waals surface area contributed by atoms with Gasteiger partial charge in [-0.15, -0.1) is 0 Å². The molecule has 1 aliphatic carbocycles. The molecule has 0 saturated carbocycles. The highest BCUT2D eigenvalue weighted by Gasteiger charge is 2.36. The number of benzene rings is 5. The van der Waals surface area contributed by atoms with Gasteiger partial charge in [0.25, 0.3) is 0 Å². The SMILES string of the molecule is CC1(C)c2ccccc2-c2c1ccc1cc3c(cc21)c1ccccc1n3-c1c(O)c(O)c(O)c(O)c1O. The largest absolute Gasteiger partial charge is 0.503 e. The quantitative estimate of drug-likeness (QED) is 0.129. The standard InChI is InChI=1S/C31H23NO5/c1-31(2)20-9-5-3-8-17(20)24-18-14-19-16-7-4-6-10-22(16)32(23(19)13-15(18)11-12-21(24)31)25-26(33)28(35)30(37)29(36)27(25)34/h3-14,33-37H,1-2H3. The first-order valence-electron chi connectivity index (χ1n) is 12.0. The van der Waals surface area contributed by atoms with E-state index < -0.39 is 28.7 Å². The van der Waals surface area contributed by atoms with E-state index in [2.05, 4.69) is 56.3 Å². The van der Waals surface area contributed by atoms with E-state index in [1.807, 2.05) is 30.3 Å². The van der Waals surface area contributed by atoms with Crippen LogP contribution < -0.4 is 0 Å². The molecule has 5 N–H and O–H groups in total. The van der Waals surface area contributed by atoms with E-state index in [-0.39, 0.29) is 11.1 Å². The molecule has 1 heterocycles. The van der Waals surface area contributed by atoms with Crippen LogP contribution in [0.5, 0.6) is 28.7 Å². The molecule has 0 spiro atoms. The summed E-state index contributed by atoms with van der Waals surface area (Å²) in [7, 11) is 0. The first kappa shape index (κ1) is 21.4. The highest BCUT2D eigenvalue weighted by Crippen LogP contribution is 2.55. The minimum atomic E-state index is -0.984. The molecule has 0 fully saturated rings. The molecule has 0 radical (unpaired) electrons. The van der Waals surface area contributed by atoms with Crippen molar-refractivity contribution in [3.05, 3.63) is 83.9 Å². The second-order valence-corrected chi connectivity index (χ2v) is 10.2. The Bertz CT molecular complexity index is 1940. The molecule has 0 saturated heterocycles. The van der Waals surface area contributed by atoms with Crippen molar-refractivity contribution in [2.24, 2.45) is 0 Å². The van der Waals surface area contributed by atoms with E-state index in [1.165, 1.54) is 22.3 Å². The molecule has 1 aliphatic rings. The molecule has 5 aromatic carbocycles. The fourth-order valence-electron chi connectivity index (χ4n) is 6.12. The van der Waals surface area contributed by atoms with Gasteiger partial charge in [0.2, 0.25) is 17.2 Å². The van der Waals surface area contributed by atoms with Crippen molar-refractivity contribution in [2.75, 3.05) is 0 Å². The van der Waals surface area contributed by atoms with Crippen LogP contribution in [0.2, 0.25) is 0 Å². The van der Waals surface area contributed by atoms with Crippen LogP contribution in [0.1, 0.15) is 25.0 Å². The Morgan fingerprint density at radius 1 is 0.568 bits per heavy atom. The average molecular weight is 490 g/mol. The van der Waals surface area contributed by atoms with Crippen LogP contribution in [0.15, 0.2) is 72.8 Å². The second kappa shape index (κ2) is 6.89. The van der Waals surface area contributed by atoms with Gasteiger partial charge in [-0.05, 0) is 51.2 Å². The fraction of sp³-hybridized carbons (Fsp3) is 0.0968. The molecule has 6 aromatic rings. The average Bonchev–Trinajstić information content (AvgIpc) is 3.34. The lowest BCUT2D eigenvalue weighted by Crippen LogP contribution is -2.14. The smallest absolute Gasteiger partial charge is 0.208 e. The number of hydrogen-bond donors (Lipinski definition) is 5. The number of aromatic nitrogens is 1.